The Morgan fingerprint density at radius 3 is 2.48 bits per heavy atom. The van der Waals surface area contributed by atoms with E-state index >= 15 is 0 Å². The zero-order chi connectivity index (χ0) is 21.0. The molecule has 152 valence electrons. The van der Waals surface area contributed by atoms with Crippen LogP contribution in [0.1, 0.15) is 24.5 Å². The molecule has 1 aromatic carbocycles. The second-order valence-corrected chi connectivity index (χ2v) is 7.04. The van der Waals surface area contributed by atoms with Crippen LogP contribution in [-0.4, -0.2) is 33.7 Å². The number of amidine groups is 1. The second-order valence-electron chi connectivity index (χ2n) is 6.06. The van der Waals surface area contributed by atoms with Crippen molar-refractivity contribution < 1.29 is 23.2 Å². The molecule has 0 atom stereocenters. The van der Waals surface area contributed by atoms with E-state index in [4.69, 9.17) is 0 Å². The maximum absolute atomic E-state index is 12.9. The van der Waals surface area contributed by atoms with Gasteiger partial charge in [-0.25, -0.2) is 14.9 Å². The molecule has 10 heteroatoms. The van der Waals surface area contributed by atoms with Crippen molar-refractivity contribution in [1.82, 2.24) is 10.4 Å². The number of nitrogens with zero attached hydrogens (tertiary/aromatic N) is 3. The third-order valence-corrected chi connectivity index (χ3v) is 4.90. The lowest BCUT2D eigenvalue weighted by molar-refractivity contribution is -0.137. The van der Waals surface area contributed by atoms with Gasteiger partial charge in [-0.1, -0.05) is 19.1 Å². The number of rotatable bonds is 3. The summed E-state index contributed by atoms with van der Waals surface area (Å²) in [4.78, 5) is 20.8. The highest BCUT2D eigenvalue weighted by Crippen LogP contribution is 2.36. The van der Waals surface area contributed by atoms with Crippen LogP contribution in [-0.2, 0) is 6.18 Å². The first kappa shape index (κ1) is 20.9. The Bertz CT molecular complexity index is 931. The number of urea groups is 1. The van der Waals surface area contributed by atoms with Crippen LogP contribution in [0, 0.1) is 0 Å². The van der Waals surface area contributed by atoms with Crippen LogP contribution >= 0.6 is 11.8 Å². The Hall–Kier alpha value is -2.85. The number of alkyl halides is 3. The Morgan fingerprint density at radius 2 is 1.90 bits per heavy atom. The SMILES string of the molecule is CCCNC(=O)N=C1N=C(c2ccc(C(F)(F)F)cc2)C(=C2C=CN(O)C=C2)S1. The number of carbonyl (C=O) groups is 1. The fourth-order valence-corrected chi connectivity index (χ4v) is 3.46. The smallest absolute Gasteiger partial charge is 0.336 e. The molecule has 0 aromatic heterocycles. The highest BCUT2D eigenvalue weighted by Gasteiger charge is 2.31. The largest absolute Gasteiger partial charge is 0.416 e. The molecule has 3 rings (SSSR count). The average molecular weight is 422 g/mol. The third kappa shape index (κ3) is 5.15. The zero-order valence-electron chi connectivity index (χ0n) is 15.3. The molecule has 0 bridgehead atoms. The number of hydrogen-bond donors (Lipinski definition) is 2. The minimum absolute atomic E-state index is 0.184. The van der Waals surface area contributed by atoms with Crippen molar-refractivity contribution in [2.45, 2.75) is 19.5 Å². The summed E-state index contributed by atoms with van der Waals surface area (Å²) in [6, 6.07) is 4.09. The summed E-state index contributed by atoms with van der Waals surface area (Å²) in [5, 5.41) is 13.1. The van der Waals surface area contributed by atoms with Gasteiger partial charge in [0, 0.05) is 29.4 Å². The molecule has 0 radical (unpaired) electrons. The molecule has 0 aliphatic carbocycles. The molecule has 2 heterocycles. The van der Waals surface area contributed by atoms with E-state index in [1.54, 1.807) is 12.2 Å². The molecular weight excluding hydrogens is 405 g/mol. The van der Waals surface area contributed by atoms with Crippen LogP contribution in [0.4, 0.5) is 18.0 Å². The molecule has 2 aliphatic rings. The van der Waals surface area contributed by atoms with E-state index < -0.39 is 17.8 Å². The topological polar surface area (TPSA) is 77.3 Å². The fraction of sp³-hybridized carbons (Fsp3) is 0.211. The first-order chi connectivity index (χ1) is 13.8. The third-order valence-electron chi connectivity index (χ3n) is 3.90. The fourth-order valence-electron chi connectivity index (χ4n) is 2.49. The molecule has 0 saturated heterocycles. The number of hydrogen-bond acceptors (Lipinski definition) is 4. The molecule has 1 aromatic rings. The van der Waals surface area contributed by atoms with E-state index in [1.165, 1.54) is 24.5 Å². The van der Waals surface area contributed by atoms with Crippen molar-refractivity contribution >= 4 is 28.7 Å². The van der Waals surface area contributed by atoms with E-state index in [0.29, 0.717) is 28.3 Å². The molecule has 2 N–H and O–H groups in total. The van der Waals surface area contributed by atoms with Gasteiger partial charge in [0.1, 0.15) is 0 Å². The van der Waals surface area contributed by atoms with Gasteiger partial charge in [0.2, 0.25) is 0 Å². The highest BCUT2D eigenvalue weighted by molar-refractivity contribution is 8.18. The molecule has 0 fully saturated rings. The number of nitrogens with one attached hydrogen (secondary N) is 1. The number of amides is 2. The van der Waals surface area contributed by atoms with Gasteiger partial charge in [0.15, 0.2) is 5.17 Å². The molecule has 2 amide bonds. The van der Waals surface area contributed by atoms with Crippen molar-refractivity contribution in [1.29, 1.82) is 0 Å². The van der Waals surface area contributed by atoms with Crippen LogP contribution in [0.3, 0.4) is 0 Å². The second kappa shape index (κ2) is 8.66. The Balaban J connectivity index is 1.99. The predicted molar refractivity (Wildman–Crippen MR) is 106 cm³/mol. The molecule has 0 unspecified atom stereocenters. The van der Waals surface area contributed by atoms with Crippen molar-refractivity contribution in [3.05, 3.63) is 70.4 Å². The van der Waals surface area contributed by atoms with Crippen molar-refractivity contribution in [2.24, 2.45) is 9.98 Å². The van der Waals surface area contributed by atoms with Crippen molar-refractivity contribution in [2.75, 3.05) is 6.54 Å². The van der Waals surface area contributed by atoms with Crippen LogP contribution < -0.4 is 5.32 Å². The number of hydroxylamine groups is 2. The summed E-state index contributed by atoms with van der Waals surface area (Å²) in [5.74, 6) is 0. The van der Waals surface area contributed by atoms with Gasteiger partial charge in [-0.05, 0) is 48.0 Å². The van der Waals surface area contributed by atoms with Crippen LogP contribution in [0.25, 0.3) is 0 Å². The van der Waals surface area contributed by atoms with E-state index in [-0.39, 0.29) is 5.17 Å². The summed E-state index contributed by atoms with van der Waals surface area (Å²) in [5.41, 5.74) is 0.780. The van der Waals surface area contributed by atoms with E-state index in [9.17, 15) is 23.2 Å². The highest BCUT2D eigenvalue weighted by atomic mass is 32.2. The summed E-state index contributed by atoms with van der Waals surface area (Å²) < 4.78 is 38.6. The molecule has 29 heavy (non-hydrogen) atoms. The zero-order valence-corrected chi connectivity index (χ0v) is 16.1. The monoisotopic (exact) mass is 422 g/mol. The summed E-state index contributed by atoms with van der Waals surface area (Å²) >= 11 is 1.13. The number of aliphatic imine (C=N–C) groups is 2. The standard InChI is InChI=1S/C19H17F3N4O2S/c1-2-9-23-17(27)25-18-24-15(12-3-5-14(6-4-12)19(20,21)22)16(29-18)13-7-10-26(28)11-8-13/h3-8,10-11,28H,2,9H2,1H3,(H,23,27). The van der Waals surface area contributed by atoms with E-state index in [0.717, 1.165) is 35.4 Å². The van der Waals surface area contributed by atoms with E-state index in [2.05, 4.69) is 15.3 Å². The summed E-state index contributed by atoms with van der Waals surface area (Å²) in [6.45, 7) is 2.38. The van der Waals surface area contributed by atoms with Gasteiger partial charge in [-0.15, -0.1) is 0 Å². The van der Waals surface area contributed by atoms with Crippen LogP contribution in [0.15, 0.2) is 69.3 Å². The summed E-state index contributed by atoms with van der Waals surface area (Å²) in [6.07, 6.45) is 2.40. The number of allylic oxidation sites excluding steroid dienone is 4. The number of thioether (sulfide) groups is 1. The van der Waals surface area contributed by atoms with Crippen molar-refractivity contribution in [3.8, 4) is 0 Å². The van der Waals surface area contributed by atoms with Crippen molar-refractivity contribution in [3.63, 3.8) is 0 Å². The van der Waals surface area contributed by atoms with Gasteiger partial charge in [0.25, 0.3) is 0 Å². The number of carbonyl (C=O) groups excluding carboxylic acids is 1. The van der Waals surface area contributed by atoms with Crippen LogP contribution in [0.5, 0.6) is 0 Å². The van der Waals surface area contributed by atoms with Gasteiger partial charge < -0.3 is 5.32 Å². The van der Waals surface area contributed by atoms with E-state index in [1.807, 2.05) is 6.92 Å². The van der Waals surface area contributed by atoms with Crippen LogP contribution in [0.2, 0.25) is 0 Å². The average Bonchev–Trinajstić information content (AvgIpc) is 3.10. The maximum Gasteiger partial charge on any atom is 0.416 e. The molecule has 6 nitrogen and oxygen atoms in total. The van der Waals surface area contributed by atoms with Gasteiger partial charge in [-0.3, -0.25) is 5.21 Å². The summed E-state index contributed by atoms with van der Waals surface area (Å²) in [7, 11) is 0. The maximum atomic E-state index is 12.9. The molecule has 2 aliphatic heterocycles. The first-order valence-electron chi connectivity index (χ1n) is 8.67. The van der Waals surface area contributed by atoms with Gasteiger partial charge in [-0.2, -0.15) is 18.2 Å². The lowest BCUT2D eigenvalue weighted by atomic mass is 10.0. The number of benzene rings is 1. The Kier molecular flexibility index (Phi) is 6.23. The van der Waals surface area contributed by atoms with Gasteiger partial charge in [0.05, 0.1) is 11.3 Å². The molecule has 0 spiro atoms. The minimum atomic E-state index is -4.44. The quantitative estimate of drug-likeness (QED) is 0.740. The first-order valence-corrected chi connectivity index (χ1v) is 9.48. The number of halogens is 3. The minimum Gasteiger partial charge on any atom is -0.336 e. The Morgan fingerprint density at radius 1 is 1.24 bits per heavy atom. The predicted octanol–water partition coefficient (Wildman–Crippen LogP) is 4.70. The lowest BCUT2D eigenvalue weighted by Gasteiger charge is -2.13. The Labute approximate surface area is 169 Å². The molecular formula is C19H17F3N4O2S. The lowest BCUT2D eigenvalue weighted by Crippen LogP contribution is -2.20. The normalized spacial score (nSPS) is 17.9. The molecule has 0 saturated carbocycles. The van der Waals surface area contributed by atoms with Gasteiger partial charge >= 0.3 is 12.2 Å².